The Morgan fingerprint density at radius 2 is 2.23 bits per heavy atom. The highest BCUT2D eigenvalue weighted by molar-refractivity contribution is 9.10. The van der Waals surface area contributed by atoms with Gasteiger partial charge in [-0.2, -0.15) is 5.26 Å². The average molecular weight is 359 g/mol. The van der Waals surface area contributed by atoms with Gasteiger partial charge in [-0.1, -0.05) is 47.5 Å². The Morgan fingerprint density at radius 3 is 2.91 bits per heavy atom. The molecule has 112 valence electrons. The molecular formula is C16H15BrN4O. The van der Waals surface area contributed by atoms with E-state index in [0.29, 0.717) is 11.5 Å². The summed E-state index contributed by atoms with van der Waals surface area (Å²) in [4.78, 5) is 0. The third kappa shape index (κ3) is 2.28. The van der Waals surface area contributed by atoms with Crippen molar-refractivity contribution in [2.45, 2.75) is 25.7 Å². The lowest BCUT2D eigenvalue weighted by molar-refractivity contribution is 0.378. The van der Waals surface area contributed by atoms with Gasteiger partial charge in [-0.15, -0.1) is 5.10 Å². The molecule has 0 aliphatic carbocycles. The maximum Gasteiger partial charge on any atom is 0.244 e. The first-order valence-electron chi connectivity index (χ1n) is 7.06. The van der Waals surface area contributed by atoms with Crippen LogP contribution in [0.5, 0.6) is 5.88 Å². The summed E-state index contributed by atoms with van der Waals surface area (Å²) in [5.74, 6) is 0.302. The SMILES string of the molecule is CCCc1[nH]nc2c1C(c1ccccc1Br)C(C#N)=C(N)O2. The quantitative estimate of drug-likeness (QED) is 0.880. The van der Waals surface area contributed by atoms with Gasteiger partial charge in [0.15, 0.2) is 0 Å². The lowest BCUT2D eigenvalue weighted by Crippen LogP contribution is -2.21. The van der Waals surface area contributed by atoms with Crippen molar-refractivity contribution in [1.82, 2.24) is 10.2 Å². The number of nitrogens with zero attached hydrogens (tertiary/aromatic N) is 2. The zero-order valence-corrected chi connectivity index (χ0v) is 13.6. The molecule has 1 atom stereocenters. The van der Waals surface area contributed by atoms with Gasteiger partial charge < -0.3 is 10.5 Å². The van der Waals surface area contributed by atoms with E-state index in [9.17, 15) is 5.26 Å². The second kappa shape index (κ2) is 5.85. The Hall–Kier alpha value is -2.26. The van der Waals surface area contributed by atoms with E-state index in [4.69, 9.17) is 10.5 Å². The molecule has 0 spiro atoms. The molecule has 22 heavy (non-hydrogen) atoms. The fourth-order valence-electron chi connectivity index (χ4n) is 2.77. The van der Waals surface area contributed by atoms with E-state index in [2.05, 4.69) is 39.1 Å². The molecule has 6 heteroatoms. The van der Waals surface area contributed by atoms with Gasteiger partial charge in [0.1, 0.15) is 11.6 Å². The minimum absolute atomic E-state index is 0.116. The molecule has 3 N–H and O–H groups in total. The van der Waals surface area contributed by atoms with Crippen LogP contribution in [0.2, 0.25) is 0 Å². The number of ether oxygens (including phenoxy) is 1. The first-order valence-corrected chi connectivity index (χ1v) is 7.85. The van der Waals surface area contributed by atoms with Crippen LogP contribution in [-0.4, -0.2) is 10.2 Å². The van der Waals surface area contributed by atoms with Crippen LogP contribution >= 0.6 is 15.9 Å². The predicted molar refractivity (Wildman–Crippen MR) is 86.0 cm³/mol. The number of hydrogen-bond donors (Lipinski definition) is 2. The van der Waals surface area contributed by atoms with Gasteiger partial charge in [-0.25, -0.2) is 0 Å². The van der Waals surface area contributed by atoms with Gasteiger partial charge in [0.2, 0.25) is 11.8 Å². The van der Waals surface area contributed by atoms with Crippen LogP contribution in [0.1, 0.15) is 36.1 Å². The van der Waals surface area contributed by atoms with Crippen molar-refractivity contribution in [1.29, 1.82) is 5.26 Å². The van der Waals surface area contributed by atoms with E-state index in [1.54, 1.807) is 0 Å². The lowest BCUT2D eigenvalue weighted by Gasteiger charge is -2.24. The number of H-pyrrole nitrogens is 1. The van der Waals surface area contributed by atoms with Crippen molar-refractivity contribution in [2.75, 3.05) is 0 Å². The molecule has 1 aromatic carbocycles. The van der Waals surface area contributed by atoms with E-state index < -0.39 is 0 Å². The molecule has 1 aliphatic heterocycles. The van der Waals surface area contributed by atoms with E-state index >= 15 is 0 Å². The summed E-state index contributed by atoms with van der Waals surface area (Å²) >= 11 is 3.57. The van der Waals surface area contributed by atoms with Crippen LogP contribution in [0.25, 0.3) is 0 Å². The monoisotopic (exact) mass is 358 g/mol. The zero-order valence-electron chi connectivity index (χ0n) is 12.1. The van der Waals surface area contributed by atoms with Crippen molar-refractivity contribution in [2.24, 2.45) is 5.73 Å². The number of benzene rings is 1. The van der Waals surface area contributed by atoms with Crippen LogP contribution in [0.3, 0.4) is 0 Å². The first kappa shape index (κ1) is 14.7. The second-order valence-electron chi connectivity index (χ2n) is 5.12. The normalized spacial score (nSPS) is 16.9. The highest BCUT2D eigenvalue weighted by Gasteiger charge is 2.35. The van der Waals surface area contributed by atoms with Crippen molar-refractivity contribution in [3.8, 4) is 11.9 Å². The molecule has 3 rings (SSSR count). The summed E-state index contributed by atoms with van der Waals surface area (Å²) < 4.78 is 6.46. The first-order chi connectivity index (χ1) is 10.7. The van der Waals surface area contributed by atoms with Crippen LogP contribution in [0.15, 0.2) is 40.2 Å². The molecule has 5 nitrogen and oxygen atoms in total. The summed E-state index contributed by atoms with van der Waals surface area (Å²) in [5.41, 5.74) is 9.21. The van der Waals surface area contributed by atoms with Gasteiger partial charge in [0.25, 0.3) is 0 Å². The number of rotatable bonds is 3. The number of fused-ring (bicyclic) bond motifs is 1. The number of halogens is 1. The van der Waals surface area contributed by atoms with Crippen LogP contribution in [0.4, 0.5) is 0 Å². The van der Waals surface area contributed by atoms with E-state index in [-0.39, 0.29) is 11.8 Å². The number of hydrogen-bond acceptors (Lipinski definition) is 4. The number of allylic oxidation sites excluding steroid dienone is 1. The largest absolute Gasteiger partial charge is 0.420 e. The smallest absolute Gasteiger partial charge is 0.244 e. The fraction of sp³-hybridized carbons (Fsp3) is 0.250. The third-order valence-electron chi connectivity index (χ3n) is 3.73. The summed E-state index contributed by atoms with van der Waals surface area (Å²) in [6.45, 7) is 2.10. The average Bonchev–Trinajstić information content (AvgIpc) is 2.89. The minimum Gasteiger partial charge on any atom is -0.420 e. The van der Waals surface area contributed by atoms with E-state index in [1.807, 2.05) is 24.3 Å². The van der Waals surface area contributed by atoms with Gasteiger partial charge in [-0.3, -0.25) is 5.10 Å². The number of nitrogens with one attached hydrogen (secondary N) is 1. The molecule has 2 aromatic rings. The predicted octanol–water partition coefficient (Wildman–Crippen LogP) is 3.34. The maximum atomic E-state index is 9.55. The van der Waals surface area contributed by atoms with E-state index in [0.717, 1.165) is 34.1 Å². The summed E-state index contributed by atoms with van der Waals surface area (Å²) in [7, 11) is 0. The summed E-state index contributed by atoms with van der Waals surface area (Å²) in [6, 6.07) is 10.0. The standard InChI is InChI=1S/C16H15BrN4O/c1-2-5-12-14-13(9-6-3-4-7-11(9)17)10(8-18)15(19)22-16(14)21-20-12/h3-4,6-7,13H,2,5,19H2,1H3,(H,20,21). The second-order valence-corrected chi connectivity index (χ2v) is 5.97. The highest BCUT2D eigenvalue weighted by Crippen LogP contribution is 2.44. The molecule has 1 unspecified atom stereocenters. The number of aromatic amines is 1. The van der Waals surface area contributed by atoms with Crippen molar-refractivity contribution in [3.05, 3.63) is 57.0 Å². The summed E-state index contributed by atoms with van der Waals surface area (Å²) in [6.07, 6.45) is 1.81. The van der Waals surface area contributed by atoms with Crippen molar-refractivity contribution in [3.63, 3.8) is 0 Å². The van der Waals surface area contributed by atoms with Crippen molar-refractivity contribution < 1.29 is 4.74 Å². The number of aromatic nitrogens is 2. The number of nitriles is 1. The molecule has 2 heterocycles. The van der Waals surface area contributed by atoms with Crippen LogP contribution < -0.4 is 10.5 Å². The van der Waals surface area contributed by atoms with Gasteiger partial charge >= 0.3 is 0 Å². The molecule has 0 bridgehead atoms. The van der Waals surface area contributed by atoms with Crippen LogP contribution in [-0.2, 0) is 6.42 Å². The highest BCUT2D eigenvalue weighted by atomic mass is 79.9. The zero-order chi connectivity index (χ0) is 15.7. The Balaban J connectivity index is 2.24. The Labute approximate surface area is 136 Å². The molecular weight excluding hydrogens is 344 g/mol. The molecule has 0 fully saturated rings. The van der Waals surface area contributed by atoms with Gasteiger partial charge in [0, 0.05) is 15.7 Å². The van der Waals surface area contributed by atoms with Gasteiger partial charge in [0.05, 0.1) is 5.92 Å². The van der Waals surface area contributed by atoms with Crippen LogP contribution in [0, 0.1) is 11.3 Å². The maximum absolute atomic E-state index is 9.55. The fourth-order valence-corrected chi connectivity index (χ4v) is 3.28. The Kier molecular flexibility index (Phi) is 3.90. The molecule has 0 amide bonds. The van der Waals surface area contributed by atoms with Crippen molar-refractivity contribution >= 4 is 15.9 Å². The van der Waals surface area contributed by atoms with E-state index in [1.165, 1.54) is 0 Å². The van der Waals surface area contributed by atoms with Gasteiger partial charge in [-0.05, 0) is 18.1 Å². The molecule has 0 saturated carbocycles. The Bertz CT molecular complexity index is 788. The molecule has 0 saturated heterocycles. The summed E-state index contributed by atoms with van der Waals surface area (Å²) in [5, 5.41) is 16.8. The molecule has 0 radical (unpaired) electrons. The third-order valence-corrected chi connectivity index (χ3v) is 4.46. The minimum atomic E-state index is -0.273. The number of nitrogens with two attached hydrogens (primary N) is 1. The lowest BCUT2D eigenvalue weighted by atomic mass is 9.83. The Morgan fingerprint density at radius 1 is 1.45 bits per heavy atom. The topological polar surface area (TPSA) is 87.7 Å². The molecule has 1 aliphatic rings. The molecule has 1 aromatic heterocycles. The number of aryl methyl sites for hydroxylation is 1.